The summed E-state index contributed by atoms with van der Waals surface area (Å²) in [6.07, 6.45) is -1.35. The first-order chi connectivity index (χ1) is 16.2. The minimum atomic E-state index is -4.53. The number of alkyl halides is 3. The van der Waals surface area contributed by atoms with Gasteiger partial charge in [-0.05, 0) is 53.6 Å². The zero-order chi connectivity index (χ0) is 24.3. The summed E-state index contributed by atoms with van der Waals surface area (Å²) in [6.45, 7) is 0.309. The molecule has 2 amide bonds. The molecule has 2 atom stereocenters. The molecule has 9 heteroatoms. The van der Waals surface area contributed by atoms with Gasteiger partial charge in [0.05, 0.1) is 11.5 Å². The number of halogens is 4. The number of nitrogens with zero attached hydrogens (tertiary/aromatic N) is 2. The maximum Gasteiger partial charge on any atom is 0.416 e. The van der Waals surface area contributed by atoms with Gasteiger partial charge in [0.25, 0.3) is 5.91 Å². The number of amides is 2. The van der Waals surface area contributed by atoms with Gasteiger partial charge in [-0.25, -0.2) is 4.39 Å². The minimum Gasteiger partial charge on any atom is -0.352 e. The Morgan fingerprint density at radius 2 is 1.71 bits per heavy atom. The van der Waals surface area contributed by atoms with Crippen molar-refractivity contribution in [3.8, 4) is 0 Å². The van der Waals surface area contributed by atoms with Crippen molar-refractivity contribution in [3.63, 3.8) is 0 Å². The number of likely N-dealkylation sites (tertiary alicyclic amines) is 1. The predicted octanol–water partition coefficient (Wildman–Crippen LogP) is 4.41. The van der Waals surface area contributed by atoms with Gasteiger partial charge < -0.3 is 10.2 Å². The van der Waals surface area contributed by atoms with Crippen LogP contribution in [0, 0.1) is 11.7 Å². The molecule has 1 N–H and O–H groups in total. The average Bonchev–Trinajstić information content (AvgIpc) is 3.28. The second-order valence-corrected chi connectivity index (χ2v) is 8.13. The summed E-state index contributed by atoms with van der Waals surface area (Å²) in [7, 11) is 0. The molecule has 0 spiro atoms. The van der Waals surface area contributed by atoms with Crippen LogP contribution in [-0.2, 0) is 17.5 Å². The van der Waals surface area contributed by atoms with Crippen LogP contribution < -0.4 is 5.32 Å². The Morgan fingerprint density at radius 1 is 1.00 bits per heavy atom. The van der Waals surface area contributed by atoms with Crippen molar-refractivity contribution in [2.75, 3.05) is 13.1 Å². The summed E-state index contributed by atoms with van der Waals surface area (Å²) in [6, 6.07) is 13.3. The lowest BCUT2D eigenvalue weighted by Crippen LogP contribution is -2.35. The number of nitrogens with one attached hydrogen (secondary N) is 1. The van der Waals surface area contributed by atoms with E-state index in [1.54, 1.807) is 24.5 Å². The number of hydrogen-bond donors (Lipinski definition) is 1. The Balaban J connectivity index is 1.59. The van der Waals surface area contributed by atoms with Crippen molar-refractivity contribution in [2.24, 2.45) is 5.92 Å². The van der Waals surface area contributed by atoms with Gasteiger partial charge in [0.2, 0.25) is 5.91 Å². The lowest BCUT2D eigenvalue weighted by Gasteiger charge is -2.19. The van der Waals surface area contributed by atoms with Crippen LogP contribution in [0.25, 0.3) is 0 Å². The normalized spacial score (nSPS) is 18.1. The zero-order valence-electron chi connectivity index (χ0n) is 17.9. The topological polar surface area (TPSA) is 62.3 Å². The van der Waals surface area contributed by atoms with Crippen LogP contribution >= 0.6 is 0 Å². The molecule has 1 aliphatic rings. The summed E-state index contributed by atoms with van der Waals surface area (Å²) >= 11 is 0. The predicted molar refractivity (Wildman–Crippen MR) is 116 cm³/mol. The maximum absolute atomic E-state index is 13.3. The van der Waals surface area contributed by atoms with E-state index < -0.39 is 35.3 Å². The van der Waals surface area contributed by atoms with Crippen molar-refractivity contribution < 1.29 is 27.2 Å². The Kier molecular flexibility index (Phi) is 6.63. The first-order valence-electron chi connectivity index (χ1n) is 10.6. The van der Waals surface area contributed by atoms with Crippen molar-refractivity contribution in [2.45, 2.75) is 18.6 Å². The number of aromatic nitrogens is 1. The first-order valence-corrected chi connectivity index (χ1v) is 10.6. The Labute approximate surface area is 193 Å². The number of pyridine rings is 1. The van der Waals surface area contributed by atoms with E-state index in [1.807, 2.05) is 0 Å². The van der Waals surface area contributed by atoms with Crippen LogP contribution in [0.5, 0.6) is 0 Å². The van der Waals surface area contributed by atoms with Gasteiger partial charge in [-0.2, -0.15) is 13.2 Å². The van der Waals surface area contributed by atoms with Crippen LogP contribution in [0.4, 0.5) is 17.6 Å². The molecular formula is C25H21F4N3O2. The van der Waals surface area contributed by atoms with Gasteiger partial charge in [0, 0.05) is 43.5 Å². The van der Waals surface area contributed by atoms with Crippen LogP contribution in [0.1, 0.15) is 33.0 Å². The Hall–Kier alpha value is -3.75. The van der Waals surface area contributed by atoms with Crippen LogP contribution in [0.3, 0.4) is 0 Å². The zero-order valence-corrected chi connectivity index (χ0v) is 17.9. The molecule has 4 rings (SSSR count). The molecule has 0 aliphatic carbocycles. The number of rotatable bonds is 5. The van der Waals surface area contributed by atoms with E-state index in [1.165, 1.54) is 29.2 Å². The van der Waals surface area contributed by atoms with E-state index in [-0.39, 0.29) is 31.1 Å². The minimum absolute atomic E-state index is 0.0271. The number of hydrogen-bond acceptors (Lipinski definition) is 3. The van der Waals surface area contributed by atoms with Crippen LogP contribution in [-0.4, -0.2) is 34.8 Å². The standard InChI is InChI=1S/C25H21F4N3O2/c26-20-6-4-17(5-7-20)24(34)32-14-21(18-2-1-3-19(12-18)25(27,28)29)22(15-32)23(33)31-13-16-8-10-30-11-9-16/h1-12,21-22H,13-15H2,(H,31,33). The van der Waals surface area contributed by atoms with Gasteiger partial charge >= 0.3 is 6.18 Å². The average molecular weight is 471 g/mol. The van der Waals surface area contributed by atoms with Crippen molar-refractivity contribution in [1.29, 1.82) is 0 Å². The fourth-order valence-electron chi connectivity index (χ4n) is 4.11. The molecule has 0 bridgehead atoms. The highest BCUT2D eigenvalue weighted by atomic mass is 19.4. The van der Waals surface area contributed by atoms with Crippen molar-refractivity contribution in [3.05, 3.63) is 101 Å². The maximum atomic E-state index is 13.3. The summed E-state index contributed by atoms with van der Waals surface area (Å²) in [4.78, 5) is 31.4. The monoisotopic (exact) mass is 471 g/mol. The van der Waals surface area contributed by atoms with E-state index in [4.69, 9.17) is 0 Å². The number of carbonyl (C=O) groups excluding carboxylic acids is 2. The van der Waals surface area contributed by atoms with E-state index in [0.29, 0.717) is 5.56 Å². The second-order valence-electron chi connectivity index (χ2n) is 8.13. The fourth-order valence-corrected chi connectivity index (χ4v) is 4.11. The second kappa shape index (κ2) is 9.62. The summed E-state index contributed by atoms with van der Waals surface area (Å²) < 4.78 is 53.2. The highest BCUT2D eigenvalue weighted by molar-refractivity contribution is 5.95. The third-order valence-electron chi connectivity index (χ3n) is 5.89. The van der Waals surface area contributed by atoms with E-state index in [9.17, 15) is 27.2 Å². The number of benzene rings is 2. The smallest absolute Gasteiger partial charge is 0.352 e. The molecule has 1 fully saturated rings. The molecule has 0 radical (unpaired) electrons. The van der Waals surface area contributed by atoms with Gasteiger partial charge in [-0.15, -0.1) is 0 Å². The molecule has 176 valence electrons. The molecule has 1 aliphatic heterocycles. The summed E-state index contributed by atoms with van der Waals surface area (Å²) in [5.41, 5.74) is 0.566. The molecule has 5 nitrogen and oxygen atoms in total. The SMILES string of the molecule is O=C(NCc1ccncc1)C1CN(C(=O)c2ccc(F)cc2)CC1c1cccc(C(F)(F)F)c1. The quantitative estimate of drug-likeness (QED) is 0.561. The molecular weight excluding hydrogens is 450 g/mol. The van der Waals surface area contributed by atoms with Crippen LogP contribution in [0.2, 0.25) is 0 Å². The highest BCUT2D eigenvalue weighted by Crippen LogP contribution is 2.37. The van der Waals surface area contributed by atoms with Gasteiger partial charge in [0.1, 0.15) is 5.82 Å². The molecule has 0 saturated carbocycles. The van der Waals surface area contributed by atoms with Crippen molar-refractivity contribution >= 4 is 11.8 Å². The highest BCUT2D eigenvalue weighted by Gasteiger charge is 2.41. The third kappa shape index (κ3) is 5.24. The lowest BCUT2D eigenvalue weighted by molar-refractivity contribution is -0.137. The Bertz CT molecular complexity index is 1170. The largest absolute Gasteiger partial charge is 0.416 e. The Morgan fingerprint density at radius 3 is 2.38 bits per heavy atom. The molecule has 1 saturated heterocycles. The van der Waals surface area contributed by atoms with Gasteiger partial charge in [0.15, 0.2) is 0 Å². The molecule has 34 heavy (non-hydrogen) atoms. The van der Waals surface area contributed by atoms with Crippen LogP contribution in [0.15, 0.2) is 73.1 Å². The molecule has 2 heterocycles. The summed E-state index contributed by atoms with van der Waals surface area (Å²) in [5, 5.41) is 2.82. The van der Waals surface area contributed by atoms with E-state index >= 15 is 0 Å². The summed E-state index contributed by atoms with van der Waals surface area (Å²) in [5.74, 6) is -2.66. The molecule has 1 aromatic heterocycles. The van der Waals surface area contributed by atoms with Gasteiger partial charge in [-0.1, -0.05) is 18.2 Å². The number of carbonyl (C=O) groups is 2. The molecule has 3 aromatic rings. The molecule has 2 aromatic carbocycles. The first kappa shape index (κ1) is 23.4. The van der Waals surface area contributed by atoms with Crippen molar-refractivity contribution in [1.82, 2.24) is 15.2 Å². The van der Waals surface area contributed by atoms with E-state index in [0.717, 1.165) is 29.8 Å². The van der Waals surface area contributed by atoms with Gasteiger partial charge in [-0.3, -0.25) is 14.6 Å². The lowest BCUT2D eigenvalue weighted by atomic mass is 9.87. The third-order valence-corrected chi connectivity index (χ3v) is 5.89. The van der Waals surface area contributed by atoms with E-state index in [2.05, 4.69) is 10.3 Å². The molecule has 2 unspecified atom stereocenters. The fraction of sp³-hybridized carbons (Fsp3) is 0.240.